The minimum Gasteiger partial charge on any atom is -0.346 e. The van der Waals surface area contributed by atoms with Crippen LogP contribution in [-0.4, -0.2) is 76.9 Å². The second-order valence-electron chi connectivity index (χ2n) is 7.30. The van der Waals surface area contributed by atoms with E-state index in [1.807, 2.05) is 11.9 Å². The fourth-order valence-electron chi connectivity index (χ4n) is 3.84. The van der Waals surface area contributed by atoms with Gasteiger partial charge in [0, 0.05) is 64.5 Å². The Kier molecular flexibility index (Phi) is 4.69. The number of hydrogen-bond acceptors (Lipinski definition) is 4. The molecule has 0 radical (unpaired) electrons. The first-order chi connectivity index (χ1) is 11.8. The van der Waals surface area contributed by atoms with Crippen LogP contribution in [0.15, 0.2) is 23.1 Å². The van der Waals surface area contributed by atoms with E-state index in [9.17, 15) is 14.4 Å². The Balaban J connectivity index is 1.82. The second-order valence-corrected chi connectivity index (χ2v) is 7.30. The number of hydrogen-bond donors (Lipinski definition) is 0. The van der Waals surface area contributed by atoms with Gasteiger partial charge in [-0.05, 0) is 26.0 Å². The molecular formula is C18H26N4O3. The highest BCUT2D eigenvalue weighted by Crippen LogP contribution is 2.32. The maximum Gasteiger partial charge on any atom is 0.255 e. The third kappa shape index (κ3) is 3.33. The Hall–Kier alpha value is -2.15. The number of amides is 2. The van der Waals surface area contributed by atoms with Gasteiger partial charge in [0.25, 0.3) is 5.91 Å². The first-order valence-electron chi connectivity index (χ1n) is 8.74. The minimum atomic E-state index is -0.158. The first-order valence-corrected chi connectivity index (χ1v) is 8.74. The van der Waals surface area contributed by atoms with E-state index in [-0.39, 0.29) is 22.9 Å². The van der Waals surface area contributed by atoms with Gasteiger partial charge in [-0.2, -0.15) is 0 Å². The van der Waals surface area contributed by atoms with Crippen molar-refractivity contribution >= 4 is 11.8 Å². The molecule has 0 saturated carbocycles. The molecule has 0 unspecified atom stereocenters. The van der Waals surface area contributed by atoms with E-state index < -0.39 is 0 Å². The first kappa shape index (κ1) is 17.7. The molecule has 1 aromatic heterocycles. The summed E-state index contributed by atoms with van der Waals surface area (Å²) in [5.41, 5.74) is 0.245. The smallest absolute Gasteiger partial charge is 0.255 e. The van der Waals surface area contributed by atoms with Crippen LogP contribution in [0.1, 0.15) is 29.6 Å². The lowest BCUT2D eigenvalue weighted by atomic mass is 9.86. The number of carbonyl (C=O) groups excluding carboxylic acids is 2. The van der Waals surface area contributed by atoms with Gasteiger partial charge in [-0.3, -0.25) is 19.3 Å². The molecule has 1 spiro atoms. The summed E-state index contributed by atoms with van der Waals surface area (Å²) < 4.78 is 1.43. The Morgan fingerprint density at radius 3 is 2.52 bits per heavy atom. The fraction of sp³-hybridized carbons (Fsp3) is 0.611. The summed E-state index contributed by atoms with van der Waals surface area (Å²) in [5, 5.41) is 0. The SMILES string of the molecule is CN1CC[C@]2(CCC1=O)CN(C(=O)c1ccc(=O)n(C)c1)CCN2C. The molecule has 136 valence electrons. The van der Waals surface area contributed by atoms with Gasteiger partial charge in [0.2, 0.25) is 11.5 Å². The number of aromatic nitrogens is 1. The van der Waals surface area contributed by atoms with Gasteiger partial charge in [-0.1, -0.05) is 0 Å². The second kappa shape index (κ2) is 6.63. The number of pyridine rings is 1. The molecule has 3 heterocycles. The molecule has 3 rings (SSSR count). The van der Waals surface area contributed by atoms with Gasteiger partial charge in [0.1, 0.15) is 0 Å². The molecule has 0 N–H and O–H groups in total. The molecule has 0 aromatic carbocycles. The normalized spacial score (nSPS) is 25.3. The number of nitrogens with zero attached hydrogens (tertiary/aromatic N) is 4. The number of carbonyl (C=O) groups is 2. The molecule has 0 aliphatic carbocycles. The zero-order valence-electron chi connectivity index (χ0n) is 15.2. The number of aryl methyl sites for hydroxylation is 1. The van der Waals surface area contributed by atoms with Crippen LogP contribution in [0.25, 0.3) is 0 Å². The van der Waals surface area contributed by atoms with Gasteiger partial charge in [-0.15, -0.1) is 0 Å². The molecule has 2 aliphatic heterocycles. The standard InChI is InChI=1S/C18H26N4O3/c1-19-9-8-18(7-6-16(19)24)13-22(11-10-21(18)3)17(25)14-4-5-15(23)20(2)12-14/h4-5,12H,6-11,13H2,1-3H3/t18-/m1/s1. The lowest BCUT2D eigenvalue weighted by molar-refractivity contribution is -0.129. The van der Waals surface area contributed by atoms with Crippen LogP contribution in [0.4, 0.5) is 0 Å². The number of rotatable bonds is 1. The fourth-order valence-corrected chi connectivity index (χ4v) is 3.84. The van der Waals surface area contributed by atoms with Crippen molar-refractivity contribution in [2.45, 2.75) is 24.8 Å². The van der Waals surface area contributed by atoms with E-state index in [1.165, 1.54) is 10.6 Å². The van der Waals surface area contributed by atoms with Gasteiger partial charge >= 0.3 is 0 Å². The van der Waals surface area contributed by atoms with E-state index in [2.05, 4.69) is 11.9 Å². The molecule has 1 aromatic rings. The summed E-state index contributed by atoms with van der Waals surface area (Å²) in [6.45, 7) is 2.77. The van der Waals surface area contributed by atoms with Crippen LogP contribution in [0.2, 0.25) is 0 Å². The zero-order chi connectivity index (χ0) is 18.2. The van der Waals surface area contributed by atoms with Gasteiger partial charge in [0.15, 0.2) is 0 Å². The average molecular weight is 346 g/mol. The highest BCUT2D eigenvalue weighted by Gasteiger charge is 2.43. The van der Waals surface area contributed by atoms with E-state index in [1.54, 1.807) is 24.2 Å². The molecule has 25 heavy (non-hydrogen) atoms. The average Bonchev–Trinajstić information content (AvgIpc) is 2.74. The maximum atomic E-state index is 12.9. The van der Waals surface area contributed by atoms with Crippen molar-refractivity contribution in [3.63, 3.8) is 0 Å². The Bertz CT molecular complexity index is 744. The van der Waals surface area contributed by atoms with Gasteiger partial charge < -0.3 is 14.4 Å². The molecule has 2 saturated heterocycles. The van der Waals surface area contributed by atoms with Crippen molar-refractivity contribution in [2.24, 2.45) is 7.05 Å². The Morgan fingerprint density at radius 2 is 1.80 bits per heavy atom. The lowest BCUT2D eigenvalue weighted by Gasteiger charge is -2.49. The number of likely N-dealkylation sites (tertiary alicyclic amines) is 1. The van der Waals surface area contributed by atoms with Crippen LogP contribution in [0.3, 0.4) is 0 Å². The Labute approximate surface area is 147 Å². The summed E-state index contributed by atoms with van der Waals surface area (Å²) >= 11 is 0. The third-order valence-corrected chi connectivity index (χ3v) is 5.76. The largest absolute Gasteiger partial charge is 0.346 e. The van der Waals surface area contributed by atoms with E-state index in [0.717, 1.165) is 19.4 Å². The highest BCUT2D eigenvalue weighted by atomic mass is 16.2. The number of piperazine rings is 1. The molecule has 7 heteroatoms. The van der Waals surface area contributed by atoms with Crippen molar-refractivity contribution in [1.82, 2.24) is 19.3 Å². The number of likely N-dealkylation sites (N-methyl/N-ethyl adjacent to an activating group) is 1. The van der Waals surface area contributed by atoms with Crippen molar-refractivity contribution in [3.05, 3.63) is 34.2 Å². The molecule has 0 bridgehead atoms. The molecule has 7 nitrogen and oxygen atoms in total. The van der Waals surface area contributed by atoms with Crippen LogP contribution in [0, 0.1) is 0 Å². The van der Waals surface area contributed by atoms with Gasteiger partial charge in [-0.25, -0.2) is 0 Å². The predicted octanol–water partition coefficient (Wildman–Crippen LogP) is 0.154. The predicted molar refractivity (Wildman–Crippen MR) is 94.4 cm³/mol. The summed E-state index contributed by atoms with van der Waals surface area (Å²) in [6.07, 6.45) is 3.75. The molecule has 2 aliphatic rings. The van der Waals surface area contributed by atoms with Crippen LogP contribution in [0.5, 0.6) is 0 Å². The van der Waals surface area contributed by atoms with Crippen LogP contribution >= 0.6 is 0 Å². The van der Waals surface area contributed by atoms with Crippen LogP contribution < -0.4 is 5.56 Å². The maximum absolute atomic E-state index is 12.9. The quantitative estimate of drug-likeness (QED) is 0.726. The monoisotopic (exact) mass is 346 g/mol. The summed E-state index contributed by atoms with van der Waals surface area (Å²) in [4.78, 5) is 42.5. The third-order valence-electron chi connectivity index (χ3n) is 5.76. The summed E-state index contributed by atoms with van der Waals surface area (Å²) in [7, 11) is 5.58. The Morgan fingerprint density at radius 1 is 1.04 bits per heavy atom. The lowest BCUT2D eigenvalue weighted by Crippen LogP contribution is -2.62. The summed E-state index contributed by atoms with van der Waals surface area (Å²) in [5.74, 6) is 0.124. The van der Waals surface area contributed by atoms with Gasteiger partial charge in [0.05, 0.1) is 5.56 Å². The minimum absolute atomic E-state index is 0.0491. The summed E-state index contributed by atoms with van der Waals surface area (Å²) in [6, 6.07) is 3.03. The topological polar surface area (TPSA) is 65.9 Å². The van der Waals surface area contributed by atoms with E-state index in [4.69, 9.17) is 0 Å². The molecule has 2 fully saturated rings. The molecular weight excluding hydrogens is 320 g/mol. The van der Waals surface area contributed by atoms with Crippen molar-refractivity contribution in [1.29, 1.82) is 0 Å². The van der Waals surface area contributed by atoms with E-state index in [0.29, 0.717) is 31.6 Å². The molecule has 2 amide bonds. The molecule has 1 atom stereocenters. The van der Waals surface area contributed by atoms with Crippen LogP contribution in [-0.2, 0) is 11.8 Å². The highest BCUT2D eigenvalue weighted by molar-refractivity contribution is 5.94. The van der Waals surface area contributed by atoms with E-state index >= 15 is 0 Å². The van der Waals surface area contributed by atoms with Crippen molar-refractivity contribution in [3.8, 4) is 0 Å². The van der Waals surface area contributed by atoms with Crippen molar-refractivity contribution < 1.29 is 9.59 Å². The van der Waals surface area contributed by atoms with Crippen molar-refractivity contribution in [2.75, 3.05) is 40.3 Å². The zero-order valence-corrected chi connectivity index (χ0v) is 15.2.